The van der Waals surface area contributed by atoms with Crippen LogP contribution in [-0.4, -0.2) is 58.9 Å². The molecule has 2 aliphatic heterocycles. The van der Waals surface area contributed by atoms with Crippen molar-refractivity contribution in [3.63, 3.8) is 0 Å². The molecule has 3 aliphatic rings. The molecule has 2 heterocycles. The highest BCUT2D eigenvalue weighted by molar-refractivity contribution is 6.35. The predicted octanol–water partition coefficient (Wildman–Crippen LogP) is 2.68. The number of aliphatic hydroxyl groups is 1. The minimum atomic E-state index is -1.81. The Hall–Kier alpha value is -3.33. The number of carbonyl (C=O) groups is 5. The molecule has 1 fully saturated rings. The Balaban J connectivity index is 2.60. The van der Waals surface area contributed by atoms with Gasteiger partial charge in [0.15, 0.2) is 5.78 Å². The first-order valence-electron chi connectivity index (χ1n) is 12.5. The molecule has 1 amide bonds. The van der Waals surface area contributed by atoms with Crippen molar-refractivity contribution in [2.75, 3.05) is 0 Å². The summed E-state index contributed by atoms with van der Waals surface area (Å²) >= 11 is 0. The van der Waals surface area contributed by atoms with Crippen molar-refractivity contribution in [3.05, 3.63) is 47.6 Å². The van der Waals surface area contributed by atoms with Gasteiger partial charge in [-0.25, -0.2) is 0 Å². The van der Waals surface area contributed by atoms with Crippen LogP contribution < -0.4 is 5.32 Å². The molecule has 0 aromatic carbocycles. The Bertz CT molecular complexity index is 1050. The topological polar surface area (TPSA) is 136 Å². The Labute approximate surface area is 217 Å². The van der Waals surface area contributed by atoms with Crippen LogP contribution in [0.3, 0.4) is 0 Å². The molecule has 0 aromatic rings. The number of fused-ring (bicyclic) bond motifs is 10. The molecule has 0 aromatic heterocycles. The molecule has 3 rings (SSSR count). The zero-order chi connectivity index (χ0) is 27.9. The summed E-state index contributed by atoms with van der Waals surface area (Å²) in [5.74, 6) is -4.28. The summed E-state index contributed by atoms with van der Waals surface area (Å²) in [6, 6.07) is -1.18. The lowest BCUT2D eigenvalue weighted by Gasteiger charge is -2.42. The van der Waals surface area contributed by atoms with E-state index in [0.717, 1.165) is 12.5 Å². The number of ketones is 2. The quantitative estimate of drug-likeness (QED) is 0.331. The fourth-order valence-corrected chi connectivity index (χ4v) is 4.17. The van der Waals surface area contributed by atoms with Crippen LogP contribution in [0.2, 0.25) is 0 Å². The van der Waals surface area contributed by atoms with Gasteiger partial charge in [0, 0.05) is 19.8 Å². The summed E-state index contributed by atoms with van der Waals surface area (Å²) < 4.78 is 11.3. The van der Waals surface area contributed by atoms with Crippen LogP contribution in [0, 0.1) is 11.3 Å². The van der Waals surface area contributed by atoms with Crippen molar-refractivity contribution in [2.45, 2.75) is 85.2 Å². The Morgan fingerprint density at radius 1 is 1.16 bits per heavy atom. The molecule has 9 heteroatoms. The Morgan fingerprint density at radius 2 is 1.81 bits per heavy atom. The van der Waals surface area contributed by atoms with Gasteiger partial charge in [0.25, 0.3) is 5.91 Å². The smallest absolute Gasteiger partial charge is 0.322 e. The first-order valence-corrected chi connectivity index (χ1v) is 12.5. The highest BCUT2D eigenvalue weighted by Gasteiger charge is 2.56. The van der Waals surface area contributed by atoms with Crippen LogP contribution in [0.25, 0.3) is 0 Å². The van der Waals surface area contributed by atoms with Crippen LogP contribution >= 0.6 is 0 Å². The van der Waals surface area contributed by atoms with Crippen molar-refractivity contribution in [2.24, 2.45) is 11.3 Å². The fourth-order valence-electron chi connectivity index (χ4n) is 4.17. The lowest BCUT2D eigenvalue weighted by molar-refractivity contribution is -0.182. The third kappa shape index (κ3) is 7.58. The number of hydrogen-bond acceptors (Lipinski definition) is 8. The van der Waals surface area contributed by atoms with E-state index in [1.165, 1.54) is 13.0 Å². The second-order valence-corrected chi connectivity index (χ2v) is 9.80. The van der Waals surface area contributed by atoms with E-state index >= 15 is 0 Å². The van der Waals surface area contributed by atoms with E-state index in [9.17, 15) is 29.1 Å². The molecule has 9 nitrogen and oxygen atoms in total. The van der Waals surface area contributed by atoms with Gasteiger partial charge in [-0.05, 0) is 33.3 Å². The molecule has 6 atom stereocenters. The van der Waals surface area contributed by atoms with E-state index in [1.807, 2.05) is 13.0 Å². The van der Waals surface area contributed by atoms with E-state index in [1.54, 1.807) is 45.1 Å². The standard InChI is InChI=1S/C28H37NO8/c1-7-24(32)36-21-13-10-16(2)8-11-20(31)12-9-17(3)14-23(29-26(34)19(5)30)28(6)25(33)18(4)22(15-21)37-27(28)35/h8-10,12-14,18,20-23,31H,7,11,15H2,1-6H3,(H,29,34)/b12-9-,13-10-,16-8-,17-14-. The number of hydrogen-bond donors (Lipinski definition) is 2. The largest absolute Gasteiger partial charge is 0.461 e. The number of Topliss-reactive ketones (excluding diaryl/α,β-unsaturated/α-hetero) is 2. The maximum atomic E-state index is 13.7. The minimum Gasteiger partial charge on any atom is -0.461 e. The molecule has 2 N–H and O–H groups in total. The number of allylic oxidation sites excluding steroid dienone is 4. The lowest BCUT2D eigenvalue weighted by Crippen LogP contribution is -2.61. The van der Waals surface area contributed by atoms with E-state index < -0.39 is 65.1 Å². The second kappa shape index (κ2) is 12.8. The van der Waals surface area contributed by atoms with Gasteiger partial charge >= 0.3 is 11.9 Å². The SMILES string of the molecule is CCC(=O)OC1/C=C\C(C)=C/CC(O)/C=C\C(C)=C/C(NC(=O)C(C)=O)C2(C)C(=O)OC(C1)C(C)C2=O. The second-order valence-electron chi connectivity index (χ2n) is 9.80. The molecule has 202 valence electrons. The van der Waals surface area contributed by atoms with Crippen LogP contribution in [0.15, 0.2) is 47.6 Å². The third-order valence-electron chi connectivity index (χ3n) is 6.70. The van der Waals surface area contributed by atoms with Gasteiger partial charge < -0.3 is 19.9 Å². The molecular weight excluding hydrogens is 478 g/mol. The van der Waals surface area contributed by atoms with Gasteiger partial charge in [-0.2, -0.15) is 0 Å². The first-order chi connectivity index (χ1) is 17.3. The summed E-state index contributed by atoms with van der Waals surface area (Å²) in [7, 11) is 0. The molecule has 37 heavy (non-hydrogen) atoms. The van der Waals surface area contributed by atoms with Crippen molar-refractivity contribution < 1.29 is 38.6 Å². The molecule has 1 saturated heterocycles. The van der Waals surface area contributed by atoms with Crippen molar-refractivity contribution >= 4 is 29.4 Å². The van der Waals surface area contributed by atoms with Gasteiger partial charge in [0.05, 0.1) is 18.1 Å². The molecule has 0 radical (unpaired) electrons. The number of amides is 1. The zero-order valence-corrected chi connectivity index (χ0v) is 22.3. The highest BCUT2D eigenvalue weighted by atomic mass is 16.6. The maximum Gasteiger partial charge on any atom is 0.322 e. The number of esters is 2. The van der Waals surface area contributed by atoms with Gasteiger partial charge in [0.2, 0.25) is 5.78 Å². The maximum absolute atomic E-state index is 13.7. The monoisotopic (exact) mass is 515 g/mol. The number of nitrogens with one attached hydrogen (secondary N) is 1. The third-order valence-corrected chi connectivity index (χ3v) is 6.70. The summed E-state index contributed by atoms with van der Waals surface area (Å²) in [6.07, 6.45) is 8.00. The molecule has 2 bridgehead atoms. The molecule has 6 unspecified atom stereocenters. The van der Waals surface area contributed by atoms with Crippen LogP contribution in [-0.2, 0) is 33.4 Å². The van der Waals surface area contributed by atoms with E-state index in [-0.39, 0.29) is 12.8 Å². The molecular formula is C28H37NO8. The minimum absolute atomic E-state index is 0.0633. The molecule has 0 saturated carbocycles. The average Bonchev–Trinajstić information content (AvgIpc) is 2.85. The van der Waals surface area contributed by atoms with E-state index in [2.05, 4.69) is 5.32 Å². The summed E-state index contributed by atoms with van der Waals surface area (Å²) in [5, 5.41) is 12.9. The predicted molar refractivity (Wildman–Crippen MR) is 136 cm³/mol. The van der Waals surface area contributed by atoms with Gasteiger partial charge in [-0.15, -0.1) is 0 Å². The van der Waals surface area contributed by atoms with Crippen molar-refractivity contribution in [1.29, 1.82) is 0 Å². The Kier molecular flexibility index (Phi) is 10.3. The molecule has 0 spiro atoms. The summed E-state index contributed by atoms with van der Waals surface area (Å²) in [6.45, 7) is 9.28. The number of rotatable bonds is 4. The number of carbonyl (C=O) groups excluding carboxylic acids is 5. The van der Waals surface area contributed by atoms with Crippen LogP contribution in [0.4, 0.5) is 0 Å². The normalized spacial score (nSPS) is 35.6. The summed E-state index contributed by atoms with van der Waals surface area (Å²) in [4.78, 5) is 63.1. The van der Waals surface area contributed by atoms with E-state index in [0.29, 0.717) is 12.0 Å². The van der Waals surface area contributed by atoms with Crippen LogP contribution in [0.5, 0.6) is 0 Å². The Morgan fingerprint density at radius 3 is 2.43 bits per heavy atom. The lowest BCUT2D eigenvalue weighted by atomic mass is 9.69. The summed E-state index contributed by atoms with van der Waals surface area (Å²) in [5.41, 5.74) is -0.432. The zero-order valence-electron chi connectivity index (χ0n) is 22.3. The van der Waals surface area contributed by atoms with Crippen LogP contribution in [0.1, 0.15) is 60.8 Å². The van der Waals surface area contributed by atoms with Gasteiger partial charge in [-0.1, -0.05) is 55.4 Å². The fraction of sp³-hybridized carbons (Fsp3) is 0.536. The number of aliphatic hydroxyl groups excluding tert-OH is 1. The van der Waals surface area contributed by atoms with Gasteiger partial charge in [-0.3, -0.25) is 24.0 Å². The average molecular weight is 516 g/mol. The van der Waals surface area contributed by atoms with Crippen molar-refractivity contribution in [1.82, 2.24) is 5.32 Å². The number of ether oxygens (including phenoxy) is 2. The van der Waals surface area contributed by atoms with E-state index in [4.69, 9.17) is 9.47 Å². The van der Waals surface area contributed by atoms with Gasteiger partial charge in [0.1, 0.15) is 17.6 Å². The molecule has 1 aliphatic carbocycles. The highest BCUT2D eigenvalue weighted by Crippen LogP contribution is 2.38. The van der Waals surface area contributed by atoms with Crippen molar-refractivity contribution in [3.8, 4) is 0 Å². The first kappa shape index (κ1) is 29.9.